The molecule has 1 heterocycles. The minimum atomic E-state index is -0.669. The lowest BCUT2D eigenvalue weighted by molar-refractivity contribution is -0.303. The lowest BCUT2D eigenvalue weighted by atomic mass is 10.2. The predicted molar refractivity (Wildman–Crippen MR) is 46.9 cm³/mol. The Bertz CT molecular complexity index is 410. The van der Waals surface area contributed by atoms with E-state index in [2.05, 4.69) is 30.6 Å². The van der Waals surface area contributed by atoms with Gasteiger partial charge in [0.25, 0.3) is 0 Å². The number of nitrogens with zero attached hydrogens (tertiary/aromatic N) is 2. The van der Waals surface area contributed by atoms with Gasteiger partial charge in [0, 0.05) is 10.0 Å². The standard InChI is InChI=1S/C8H5BrN2O2/c9-6-3-1-5(2-4-6)7-10-8(12)13-11-7/h1-4H,(H,10,11,12)/p-1. The molecule has 0 aliphatic rings. The normalized spacial score (nSPS) is 10.2. The molecule has 0 saturated carbocycles. The zero-order valence-corrected chi connectivity index (χ0v) is 7.98. The zero-order chi connectivity index (χ0) is 9.26. The molecule has 2 rings (SSSR count). The van der Waals surface area contributed by atoms with Crippen molar-refractivity contribution in [1.82, 2.24) is 10.1 Å². The number of benzene rings is 1. The maximum absolute atomic E-state index is 10.6. The van der Waals surface area contributed by atoms with Crippen LogP contribution in [0.5, 0.6) is 6.08 Å². The van der Waals surface area contributed by atoms with Crippen molar-refractivity contribution >= 4 is 15.9 Å². The lowest BCUT2D eigenvalue weighted by Crippen LogP contribution is -1.87. The van der Waals surface area contributed by atoms with Crippen LogP contribution < -0.4 is 5.11 Å². The fourth-order valence-corrected chi connectivity index (χ4v) is 1.19. The average molecular weight is 240 g/mol. The molecule has 0 fully saturated rings. The zero-order valence-electron chi connectivity index (χ0n) is 6.40. The first-order chi connectivity index (χ1) is 6.25. The Morgan fingerprint density at radius 1 is 1.23 bits per heavy atom. The molecule has 1 aromatic heterocycles. The highest BCUT2D eigenvalue weighted by Gasteiger charge is 2.00. The van der Waals surface area contributed by atoms with Crippen molar-refractivity contribution in [2.45, 2.75) is 0 Å². The summed E-state index contributed by atoms with van der Waals surface area (Å²) >= 11 is 3.30. The third-order valence-electron chi connectivity index (χ3n) is 1.51. The fraction of sp³-hybridized carbons (Fsp3) is 0. The van der Waals surface area contributed by atoms with Crippen LogP contribution >= 0.6 is 15.9 Å². The number of hydrogen-bond donors (Lipinski definition) is 0. The molecule has 66 valence electrons. The summed E-state index contributed by atoms with van der Waals surface area (Å²) in [6, 6.07) is 7.29. The van der Waals surface area contributed by atoms with Crippen LogP contribution in [0.4, 0.5) is 0 Å². The second kappa shape index (κ2) is 3.18. The van der Waals surface area contributed by atoms with Gasteiger partial charge in [0.2, 0.25) is 0 Å². The third-order valence-corrected chi connectivity index (χ3v) is 2.04. The van der Waals surface area contributed by atoms with Gasteiger partial charge in [-0.05, 0) is 12.1 Å². The Morgan fingerprint density at radius 2 is 1.92 bits per heavy atom. The maximum Gasteiger partial charge on any atom is 0.174 e. The molecule has 13 heavy (non-hydrogen) atoms. The summed E-state index contributed by atoms with van der Waals surface area (Å²) in [6.45, 7) is 0. The number of halogens is 1. The van der Waals surface area contributed by atoms with Crippen molar-refractivity contribution in [3.05, 3.63) is 28.7 Å². The van der Waals surface area contributed by atoms with E-state index < -0.39 is 6.08 Å². The van der Waals surface area contributed by atoms with Crippen LogP contribution in [0, 0.1) is 0 Å². The van der Waals surface area contributed by atoms with Gasteiger partial charge in [-0.15, -0.1) is 0 Å². The monoisotopic (exact) mass is 239 g/mol. The van der Waals surface area contributed by atoms with Gasteiger partial charge in [-0.2, -0.15) is 5.16 Å². The van der Waals surface area contributed by atoms with Crippen molar-refractivity contribution in [3.8, 4) is 17.5 Å². The van der Waals surface area contributed by atoms with Gasteiger partial charge < -0.3 is 9.63 Å². The topological polar surface area (TPSA) is 62.0 Å². The molecule has 0 aliphatic heterocycles. The third kappa shape index (κ3) is 1.70. The molecule has 1 aromatic carbocycles. The molecule has 0 bridgehead atoms. The minimum absolute atomic E-state index is 0.317. The summed E-state index contributed by atoms with van der Waals surface area (Å²) in [5.41, 5.74) is 0.758. The molecule has 0 amide bonds. The van der Waals surface area contributed by atoms with Crippen LogP contribution in [-0.2, 0) is 0 Å². The van der Waals surface area contributed by atoms with Gasteiger partial charge in [0.05, 0.1) is 0 Å². The summed E-state index contributed by atoms with van der Waals surface area (Å²) in [5.74, 6) is 0.317. The Balaban J connectivity index is 2.41. The van der Waals surface area contributed by atoms with E-state index in [0.29, 0.717) is 5.82 Å². The summed E-state index contributed by atoms with van der Waals surface area (Å²) < 4.78 is 5.28. The van der Waals surface area contributed by atoms with Gasteiger partial charge in [0.1, 0.15) is 0 Å². The molecule has 5 heteroatoms. The van der Waals surface area contributed by atoms with Crippen molar-refractivity contribution in [3.63, 3.8) is 0 Å². The fourth-order valence-electron chi connectivity index (χ4n) is 0.926. The predicted octanol–water partition coefficient (Wildman–Crippen LogP) is 1.57. The van der Waals surface area contributed by atoms with E-state index in [4.69, 9.17) is 0 Å². The molecular weight excluding hydrogens is 236 g/mol. The van der Waals surface area contributed by atoms with Crippen molar-refractivity contribution in [2.24, 2.45) is 0 Å². The summed E-state index contributed by atoms with van der Waals surface area (Å²) in [7, 11) is 0. The van der Waals surface area contributed by atoms with Crippen LogP contribution in [-0.4, -0.2) is 10.1 Å². The molecule has 0 radical (unpaired) electrons. The number of hydrogen-bond acceptors (Lipinski definition) is 4. The first-order valence-electron chi connectivity index (χ1n) is 3.52. The van der Waals surface area contributed by atoms with E-state index >= 15 is 0 Å². The van der Waals surface area contributed by atoms with Crippen molar-refractivity contribution in [1.29, 1.82) is 0 Å². The van der Waals surface area contributed by atoms with Gasteiger partial charge >= 0.3 is 0 Å². The number of aromatic nitrogens is 2. The van der Waals surface area contributed by atoms with Crippen LogP contribution in [0.1, 0.15) is 0 Å². The van der Waals surface area contributed by atoms with Crippen molar-refractivity contribution < 1.29 is 9.63 Å². The average Bonchev–Trinajstić information content (AvgIpc) is 2.53. The second-order valence-corrected chi connectivity index (χ2v) is 3.31. The minimum Gasteiger partial charge on any atom is -0.528 e. The van der Waals surface area contributed by atoms with Crippen molar-refractivity contribution in [2.75, 3.05) is 0 Å². The van der Waals surface area contributed by atoms with Crippen LogP contribution in [0.3, 0.4) is 0 Å². The molecule has 4 nitrogen and oxygen atoms in total. The smallest absolute Gasteiger partial charge is 0.174 e. The second-order valence-electron chi connectivity index (χ2n) is 2.39. The molecular formula is C8H4BrN2O2-. The quantitative estimate of drug-likeness (QED) is 0.758. The van der Waals surface area contributed by atoms with E-state index in [-0.39, 0.29) is 0 Å². The molecule has 0 aliphatic carbocycles. The highest BCUT2D eigenvalue weighted by atomic mass is 79.9. The highest BCUT2D eigenvalue weighted by molar-refractivity contribution is 9.10. The Morgan fingerprint density at radius 3 is 2.46 bits per heavy atom. The van der Waals surface area contributed by atoms with Crippen LogP contribution in [0.15, 0.2) is 33.3 Å². The number of rotatable bonds is 1. The van der Waals surface area contributed by atoms with Gasteiger partial charge in [-0.25, -0.2) is 4.98 Å². The van der Waals surface area contributed by atoms with Gasteiger partial charge in [-0.3, -0.25) is 0 Å². The van der Waals surface area contributed by atoms with Gasteiger partial charge in [0.15, 0.2) is 11.9 Å². The van der Waals surface area contributed by atoms with E-state index in [1.54, 1.807) is 12.1 Å². The van der Waals surface area contributed by atoms with E-state index in [9.17, 15) is 5.11 Å². The Hall–Kier alpha value is -1.36. The van der Waals surface area contributed by atoms with E-state index in [0.717, 1.165) is 10.0 Å². The molecule has 0 N–H and O–H groups in total. The summed E-state index contributed by atoms with van der Waals surface area (Å²) in [6.07, 6.45) is -0.669. The highest BCUT2D eigenvalue weighted by Crippen LogP contribution is 2.19. The van der Waals surface area contributed by atoms with E-state index in [1.807, 2.05) is 12.1 Å². The Kier molecular flexibility index (Phi) is 2.02. The summed E-state index contributed by atoms with van der Waals surface area (Å²) in [4.78, 5) is 3.56. The van der Waals surface area contributed by atoms with E-state index in [1.165, 1.54) is 0 Å². The molecule has 0 atom stereocenters. The Labute approximate surface area is 82.3 Å². The van der Waals surface area contributed by atoms with Crippen LogP contribution in [0.25, 0.3) is 11.4 Å². The molecule has 0 spiro atoms. The van der Waals surface area contributed by atoms with Crippen LogP contribution in [0.2, 0.25) is 0 Å². The summed E-state index contributed by atoms with van der Waals surface area (Å²) in [5, 5.41) is 14.1. The molecule has 0 saturated heterocycles. The van der Waals surface area contributed by atoms with Gasteiger partial charge in [-0.1, -0.05) is 28.1 Å². The largest absolute Gasteiger partial charge is 0.528 e. The first kappa shape index (κ1) is 8.25. The molecule has 2 aromatic rings. The lowest BCUT2D eigenvalue weighted by Gasteiger charge is -1.94. The first-order valence-corrected chi connectivity index (χ1v) is 4.31. The molecule has 0 unspecified atom stereocenters. The maximum atomic E-state index is 10.6. The SMILES string of the molecule is [O-]c1nc(-c2ccc(Br)cc2)no1.